The van der Waals surface area contributed by atoms with E-state index in [0.717, 1.165) is 10.5 Å². The van der Waals surface area contributed by atoms with Crippen LogP contribution in [0.3, 0.4) is 0 Å². The number of nitrogens with zero attached hydrogens (tertiary/aromatic N) is 1. The zero-order chi connectivity index (χ0) is 20.4. The fourth-order valence-corrected chi connectivity index (χ4v) is 3.79. The molecule has 144 valence electrons. The van der Waals surface area contributed by atoms with Crippen LogP contribution in [0.5, 0.6) is 0 Å². The molecular weight excluding hydrogens is 432 g/mol. The highest BCUT2D eigenvalue weighted by Gasteiger charge is 2.42. The van der Waals surface area contributed by atoms with Crippen molar-refractivity contribution in [2.24, 2.45) is 0 Å². The highest BCUT2D eigenvalue weighted by Crippen LogP contribution is 2.28. The van der Waals surface area contributed by atoms with Crippen molar-refractivity contribution in [3.63, 3.8) is 0 Å². The molecule has 1 atom stereocenters. The Kier molecular flexibility index (Phi) is 5.27. The third-order valence-electron chi connectivity index (χ3n) is 4.84. The van der Waals surface area contributed by atoms with Crippen molar-refractivity contribution in [2.45, 2.75) is 12.5 Å². The zero-order valence-corrected chi connectivity index (χ0v) is 16.9. The first-order valence-corrected chi connectivity index (χ1v) is 9.92. The maximum absolute atomic E-state index is 13.2. The van der Waals surface area contributed by atoms with E-state index < -0.39 is 23.8 Å². The second-order valence-corrected chi connectivity index (χ2v) is 7.55. The van der Waals surface area contributed by atoms with Crippen molar-refractivity contribution < 1.29 is 14.4 Å². The number of carbonyl (C=O) groups is 3. The first-order chi connectivity index (χ1) is 14.1. The van der Waals surface area contributed by atoms with Gasteiger partial charge in [0.2, 0.25) is 5.91 Å². The molecule has 0 aromatic heterocycles. The number of nitrogens with one attached hydrogen (secondary N) is 1. The van der Waals surface area contributed by atoms with E-state index in [2.05, 4.69) is 21.2 Å². The van der Waals surface area contributed by atoms with Crippen molar-refractivity contribution in [2.75, 3.05) is 5.32 Å². The Morgan fingerprint density at radius 2 is 1.38 bits per heavy atom. The number of amides is 3. The van der Waals surface area contributed by atoms with Crippen molar-refractivity contribution in [1.29, 1.82) is 0 Å². The number of benzene rings is 3. The summed E-state index contributed by atoms with van der Waals surface area (Å²) in [6.45, 7) is 0. The average molecular weight is 449 g/mol. The van der Waals surface area contributed by atoms with Crippen molar-refractivity contribution >= 4 is 39.3 Å². The Labute approximate surface area is 176 Å². The molecule has 3 aromatic rings. The lowest BCUT2D eigenvalue weighted by Gasteiger charge is -2.25. The fourth-order valence-electron chi connectivity index (χ4n) is 3.41. The maximum Gasteiger partial charge on any atom is 0.262 e. The van der Waals surface area contributed by atoms with Gasteiger partial charge in [-0.1, -0.05) is 54.6 Å². The van der Waals surface area contributed by atoms with E-state index in [9.17, 15) is 14.4 Å². The van der Waals surface area contributed by atoms with Gasteiger partial charge in [-0.2, -0.15) is 0 Å². The minimum absolute atomic E-state index is 0.225. The summed E-state index contributed by atoms with van der Waals surface area (Å²) < 4.78 is 0.717. The summed E-state index contributed by atoms with van der Waals surface area (Å²) >= 11 is 3.41. The fraction of sp³-hybridized carbons (Fsp3) is 0.0870. The number of anilines is 1. The van der Waals surface area contributed by atoms with E-state index in [1.165, 1.54) is 0 Å². The summed E-state index contributed by atoms with van der Waals surface area (Å²) in [5.41, 5.74) is 2.08. The minimum atomic E-state index is -0.975. The quantitative estimate of drug-likeness (QED) is 0.591. The van der Waals surface area contributed by atoms with Crippen LogP contribution in [0.2, 0.25) is 0 Å². The average Bonchev–Trinajstić information content (AvgIpc) is 2.99. The Morgan fingerprint density at radius 1 is 0.828 bits per heavy atom. The maximum atomic E-state index is 13.2. The van der Waals surface area contributed by atoms with Gasteiger partial charge in [-0.05, 0) is 45.8 Å². The summed E-state index contributed by atoms with van der Waals surface area (Å²) in [5.74, 6) is -1.32. The van der Waals surface area contributed by atoms with Gasteiger partial charge in [-0.25, -0.2) is 0 Å². The van der Waals surface area contributed by atoms with Gasteiger partial charge in [-0.3, -0.25) is 19.3 Å². The van der Waals surface area contributed by atoms with Crippen LogP contribution in [0.25, 0.3) is 0 Å². The molecule has 6 heteroatoms. The molecule has 0 radical (unpaired) electrons. The van der Waals surface area contributed by atoms with Crippen LogP contribution >= 0.6 is 15.9 Å². The van der Waals surface area contributed by atoms with Crippen LogP contribution in [0.1, 0.15) is 26.3 Å². The molecule has 0 fully saturated rings. The SMILES string of the molecule is O=C(Nc1ccccc1Br)[C@H](Cc1ccccc1)N1C(=O)c2ccccc2C1=O. The molecule has 0 spiro atoms. The Bertz CT molecular complexity index is 1060. The molecule has 0 bridgehead atoms. The normalized spacial score (nSPS) is 13.9. The van der Waals surface area contributed by atoms with Crippen LogP contribution in [0.4, 0.5) is 5.69 Å². The minimum Gasteiger partial charge on any atom is -0.323 e. The number of para-hydroxylation sites is 1. The Balaban J connectivity index is 1.69. The summed E-state index contributed by atoms with van der Waals surface area (Å²) in [6, 6.07) is 22.2. The molecule has 1 heterocycles. The van der Waals surface area contributed by atoms with Crippen LogP contribution < -0.4 is 5.32 Å². The van der Waals surface area contributed by atoms with Crippen molar-refractivity contribution in [1.82, 2.24) is 4.90 Å². The third-order valence-corrected chi connectivity index (χ3v) is 5.53. The summed E-state index contributed by atoms with van der Waals surface area (Å²) in [6.07, 6.45) is 0.225. The monoisotopic (exact) mass is 448 g/mol. The highest BCUT2D eigenvalue weighted by molar-refractivity contribution is 9.10. The van der Waals surface area contributed by atoms with Gasteiger partial charge in [0.1, 0.15) is 6.04 Å². The number of imide groups is 1. The molecule has 0 saturated carbocycles. The zero-order valence-electron chi connectivity index (χ0n) is 15.3. The number of rotatable bonds is 5. The third kappa shape index (κ3) is 3.71. The summed E-state index contributed by atoms with van der Waals surface area (Å²) in [5, 5.41) is 2.84. The number of hydrogen-bond acceptors (Lipinski definition) is 3. The summed E-state index contributed by atoms with van der Waals surface area (Å²) in [7, 11) is 0. The molecule has 0 unspecified atom stereocenters. The lowest BCUT2D eigenvalue weighted by Crippen LogP contribution is -2.48. The molecule has 1 N–H and O–H groups in total. The molecule has 0 saturated heterocycles. The molecule has 29 heavy (non-hydrogen) atoms. The van der Waals surface area contributed by atoms with E-state index >= 15 is 0 Å². The predicted molar refractivity (Wildman–Crippen MR) is 114 cm³/mol. The van der Waals surface area contributed by atoms with Gasteiger partial charge < -0.3 is 5.32 Å². The van der Waals surface area contributed by atoms with Gasteiger partial charge in [0.25, 0.3) is 11.8 Å². The standard InChI is InChI=1S/C23H17BrN2O3/c24-18-12-6-7-13-19(18)25-21(27)20(14-15-8-2-1-3-9-15)26-22(28)16-10-4-5-11-17(16)23(26)29/h1-13,20H,14H2,(H,25,27)/t20-/m0/s1. The van der Waals surface area contributed by atoms with Crippen molar-refractivity contribution in [3.8, 4) is 0 Å². The number of hydrogen-bond donors (Lipinski definition) is 1. The highest BCUT2D eigenvalue weighted by atomic mass is 79.9. The van der Waals surface area contributed by atoms with Gasteiger partial charge in [-0.15, -0.1) is 0 Å². The number of halogens is 1. The number of carbonyl (C=O) groups excluding carboxylic acids is 3. The topological polar surface area (TPSA) is 66.5 Å². The molecular formula is C23H17BrN2O3. The summed E-state index contributed by atoms with van der Waals surface area (Å²) in [4.78, 5) is 40.3. The van der Waals surface area contributed by atoms with E-state index in [1.807, 2.05) is 42.5 Å². The Morgan fingerprint density at radius 3 is 2.00 bits per heavy atom. The lowest BCUT2D eigenvalue weighted by molar-refractivity contribution is -0.119. The first-order valence-electron chi connectivity index (χ1n) is 9.12. The van der Waals surface area contributed by atoms with E-state index in [4.69, 9.17) is 0 Å². The predicted octanol–water partition coefficient (Wildman–Crippen LogP) is 4.30. The molecule has 4 rings (SSSR count). The van der Waals surface area contributed by atoms with Gasteiger partial charge >= 0.3 is 0 Å². The van der Waals surface area contributed by atoms with Gasteiger partial charge in [0.15, 0.2) is 0 Å². The molecule has 0 aliphatic carbocycles. The van der Waals surface area contributed by atoms with Crippen LogP contribution in [-0.2, 0) is 11.2 Å². The van der Waals surface area contributed by atoms with E-state index in [0.29, 0.717) is 21.3 Å². The first kappa shape index (κ1) is 19.1. The van der Waals surface area contributed by atoms with E-state index in [-0.39, 0.29) is 6.42 Å². The molecule has 1 aliphatic rings. The molecule has 3 aromatic carbocycles. The molecule has 1 aliphatic heterocycles. The Hall–Kier alpha value is -3.25. The second-order valence-electron chi connectivity index (χ2n) is 6.70. The van der Waals surface area contributed by atoms with Gasteiger partial charge in [0.05, 0.1) is 16.8 Å². The molecule has 3 amide bonds. The van der Waals surface area contributed by atoms with Crippen molar-refractivity contribution in [3.05, 3.63) is 100 Å². The van der Waals surface area contributed by atoms with Gasteiger partial charge in [0, 0.05) is 10.9 Å². The van der Waals surface area contributed by atoms with Crippen LogP contribution in [0.15, 0.2) is 83.3 Å². The smallest absolute Gasteiger partial charge is 0.262 e. The largest absolute Gasteiger partial charge is 0.323 e. The van der Waals surface area contributed by atoms with Crippen LogP contribution in [0, 0.1) is 0 Å². The number of fused-ring (bicyclic) bond motifs is 1. The lowest BCUT2D eigenvalue weighted by atomic mass is 10.0. The van der Waals surface area contributed by atoms with E-state index in [1.54, 1.807) is 36.4 Å². The second kappa shape index (κ2) is 8.01. The van der Waals surface area contributed by atoms with Crippen LogP contribution in [-0.4, -0.2) is 28.7 Å². The molecule has 5 nitrogen and oxygen atoms in total.